The Kier molecular flexibility index (Phi) is 2.99. The average Bonchev–Trinajstić information content (AvgIpc) is 2.97. The summed E-state index contributed by atoms with van der Waals surface area (Å²) in [5.41, 5.74) is -0.203. The second-order valence-corrected chi connectivity index (χ2v) is 6.55. The van der Waals surface area contributed by atoms with Crippen molar-refractivity contribution in [1.82, 2.24) is 0 Å². The van der Waals surface area contributed by atoms with Crippen LogP contribution < -0.4 is 0 Å². The lowest BCUT2D eigenvalue weighted by Crippen LogP contribution is -2.18. The zero-order valence-corrected chi connectivity index (χ0v) is 10.5. The van der Waals surface area contributed by atoms with Crippen molar-refractivity contribution in [1.29, 1.82) is 0 Å². The number of hydrogen-bond acceptors (Lipinski definition) is 1. The molecule has 2 unspecified atom stereocenters. The first kappa shape index (κ1) is 11.1. The van der Waals surface area contributed by atoms with Crippen LogP contribution >= 0.6 is 0 Å². The molecule has 2 atom stereocenters. The minimum Gasteiger partial charge on any atom is -0.389 e. The van der Waals surface area contributed by atoms with Crippen LogP contribution in [0.5, 0.6) is 0 Å². The van der Waals surface area contributed by atoms with Gasteiger partial charge in [0.1, 0.15) is 0 Å². The van der Waals surface area contributed by atoms with E-state index in [1.54, 1.807) is 0 Å². The van der Waals surface area contributed by atoms with Gasteiger partial charge in [-0.05, 0) is 37.0 Å². The predicted molar refractivity (Wildman–Crippen MR) is 66.2 cm³/mol. The highest BCUT2D eigenvalue weighted by atomic mass is 16.3. The molecule has 3 aliphatic carbocycles. The molecular formula is C15H26O. The van der Waals surface area contributed by atoms with E-state index in [-0.39, 0.29) is 5.60 Å². The Balaban J connectivity index is 1.57. The molecule has 0 amide bonds. The number of fused-ring (bicyclic) bond motifs is 1. The normalized spacial score (nSPS) is 44.8. The SMILES string of the molecule is OC1(CC2CCCCCC2)C2CCCCC21. The van der Waals surface area contributed by atoms with Gasteiger partial charge in [-0.2, -0.15) is 0 Å². The highest BCUT2D eigenvalue weighted by Gasteiger charge is 2.63. The van der Waals surface area contributed by atoms with E-state index in [1.807, 2.05) is 0 Å². The average molecular weight is 222 g/mol. The van der Waals surface area contributed by atoms with Crippen molar-refractivity contribution >= 4 is 0 Å². The summed E-state index contributed by atoms with van der Waals surface area (Å²) >= 11 is 0. The molecule has 0 bridgehead atoms. The lowest BCUT2D eigenvalue weighted by atomic mass is 9.91. The lowest BCUT2D eigenvalue weighted by molar-refractivity contribution is 0.0849. The van der Waals surface area contributed by atoms with Crippen LogP contribution in [-0.2, 0) is 0 Å². The third-order valence-corrected chi connectivity index (χ3v) is 5.53. The smallest absolute Gasteiger partial charge is 0.0713 e. The van der Waals surface area contributed by atoms with Crippen LogP contribution in [0.25, 0.3) is 0 Å². The van der Waals surface area contributed by atoms with Gasteiger partial charge in [0.15, 0.2) is 0 Å². The van der Waals surface area contributed by atoms with Gasteiger partial charge >= 0.3 is 0 Å². The maximum Gasteiger partial charge on any atom is 0.0713 e. The Morgan fingerprint density at radius 3 is 1.81 bits per heavy atom. The van der Waals surface area contributed by atoms with E-state index in [4.69, 9.17) is 0 Å². The highest BCUT2D eigenvalue weighted by Crippen LogP contribution is 2.61. The standard InChI is InChI=1S/C15H26O/c16-15(13-9-5-6-10-14(13)15)11-12-7-3-1-2-4-8-12/h12-14,16H,1-11H2. The summed E-state index contributed by atoms with van der Waals surface area (Å²) < 4.78 is 0. The van der Waals surface area contributed by atoms with E-state index in [0.717, 1.165) is 12.3 Å². The largest absolute Gasteiger partial charge is 0.389 e. The molecule has 1 nitrogen and oxygen atoms in total. The fourth-order valence-corrected chi connectivity index (χ4v) is 4.55. The summed E-state index contributed by atoms with van der Waals surface area (Å²) in [4.78, 5) is 0. The first-order valence-electron chi connectivity index (χ1n) is 7.53. The molecule has 3 fully saturated rings. The highest BCUT2D eigenvalue weighted by molar-refractivity contribution is 5.13. The molecule has 0 spiro atoms. The van der Waals surface area contributed by atoms with Gasteiger partial charge in [-0.1, -0.05) is 51.4 Å². The monoisotopic (exact) mass is 222 g/mol. The van der Waals surface area contributed by atoms with Crippen molar-refractivity contribution in [2.45, 2.75) is 76.2 Å². The molecule has 3 rings (SSSR count). The Morgan fingerprint density at radius 2 is 1.25 bits per heavy atom. The molecule has 0 aromatic rings. The van der Waals surface area contributed by atoms with Crippen LogP contribution in [0.4, 0.5) is 0 Å². The quantitative estimate of drug-likeness (QED) is 0.703. The third kappa shape index (κ3) is 1.92. The van der Waals surface area contributed by atoms with Gasteiger partial charge in [0.25, 0.3) is 0 Å². The molecule has 0 aromatic carbocycles. The van der Waals surface area contributed by atoms with Crippen LogP contribution in [0, 0.1) is 17.8 Å². The summed E-state index contributed by atoms with van der Waals surface area (Å²) in [6.45, 7) is 0. The summed E-state index contributed by atoms with van der Waals surface area (Å²) in [7, 11) is 0. The number of aliphatic hydroxyl groups is 1. The minimum atomic E-state index is -0.203. The van der Waals surface area contributed by atoms with Crippen molar-refractivity contribution in [2.24, 2.45) is 17.8 Å². The van der Waals surface area contributed by atoms with Crippen molar-refractivity contribution in [3.63, 3.8) is 0 Å². The molecule has 0 aliphatic heterocycles. The molecule has 1 heteroatoms. The zero-order chi connectivity index (χ0) is 11.0. The number of hydrogen-bond donors (Lipinski definition) is 1. The Morgan fingerprint density at radius 1 is 0.750 bits per heavy atom. The molecule has 0 heterocycles. The fraction of sp³-hybridized carbons (Fsp3) is 1.00. The molecular weight excluding hydrogens is 196 g/mol. The van der Waals surface area contributed by atoms with Crippen LogP contribution in [0.1, 0.15) is 70.6 Å². The van der Waals surface area contributed by atoms with Crippen molar-refractivity contribution < 1.29 is 5.11 Å². The second-order valence-electron chi connectivity index (χ2n) is 6.55. The molecule has 0 radical (unpaired) electrons. The number of rotatable bonds is 2. The van der Waals surface area contributed by atoms with E-state index in [9.17, 15) is 5.11 Å². The Labute approximate surface area is 99.6 Å². The van der Waals surface area contributed by atoms with E-state index in [0.29, 0.717) is 11.8 Å². The van der Waals surface area contributed by atoms with E-state index >= 15 is 0 Å². The third-order valence-electron chi connectivity index (χ3n) is 5.53. The van der Waals surface area contributed by atoms with E-state index in [1.165, 1.54) is 64.2 Å². The molecule has 0 saturated heterocycles. The van der Waals surface area contributed by atoms with Gasteiger partial charge in [0.2, 0.25) is 0 Å². The molecule has 3 saturated carbocycles. The van der Waals surface area contributed by atoms with Gasteiger partial charge < -0.3 is 5.11 Å². The van der Waals surface area contributed by atoms with Crippen LogP contribution in [0.2, 0.25) is 0 Å². The zero-order valence-electron chi connectivity index (χ0n) is 10.5. The predicted octanol–water partition coefficient (Wildman–Crippen LogP) is 3.90. The fourth-order valence-electron chi connectivity index (χ4n) is 4.55. The van der Waals surface area contributed by atoms with Crippen molar-refractivity contribution in [2.75, 3.05) is 0 Å². The second kappa shape index (κ2) is 4.33. The Hall–Kier alpha value is -0.0400. The van der Waals surface area contributed by atoms with Crippen LogP contribution in [-0.4, -0.2) is 10.7 Å². The first-order chi connectivity index (χ1) is 7.81. The summed E-state index contributed by atoms with van der Waals surface area (Å²) in [6, 6.07) is 0. The lowest BCUT2D eigenvalue weighted by Gasteiger charge is -2.19. The van der Waals surface area contributed by atoms with Crippen molar-refractivity contribution in [3.05, 3.63) is 0 Å². The minimum absolute atomic E-state index is 0.203. The Bertz CT molecular complexity index is 228. The molecule has 92 valence electrons. The molecule has 16 heavy (non-hydrogen) atoms. The maximum atomic E-state index is 10.7. The summed E-state index contributed by atoms with van der Waals surface area (Å²) in [5, 5.41) is 10.7. The summed E-state index contributed by atoms with van der Waals surface area (Å²) in [5.74, 6) is 2.24. The van der Waals surface area contributed by atoms with Crippen LogP contribution in [0.15, 0.2) is 0 Å². The topological polar surface area (TPSA) is 20.2 Å². The molecule has 3 aliphatic rings. The van der Waals surface area contributed by atoms with Gasteiger partial charge in [0.05, 0.1) is 5.60 Å². The summed E-state index contributed by atoms with van der Waals surface area (Å²) in [6.07, 6.45) is 15.0. The van der Waals surface area contributed by atoms with E-state index < -0.39 is 0 Å². The van der Waals surface area contributed by atoms with Gasteiger partial charge in [0, 0.05) is 0 Å². The molecule has 1 N–H and O–H groups in total. The van der Waals surface area contributed by atoms with Gasteiger partial charge in [-0.25, -0.2) is 0 Å². The van der Waals surface area contributed by atoms with Crippen molar-refractivity contribution in [3.8, 4) is 0 Å². The van der Waals surface area contributed by atoms with Crippen LogP contribution in [0.3, 0.4) is 0 Å². The molecule has 0 aromatic heterocycles. The maximum absolute atomic E-state index is 10.7. The first-order valence-corrected chi connectivity index (χ1v) is 7.53. The van der Waals surface area contributed by atoms with Gasteiger partial charge in [-0.3, -0.25) is 0 Å². The van der Waals surface area contributed by atoms with Gasteiger partial charge in [-0.15, -0.1) is 0 Å². The van der Waals surface area contributed by atoms with E-state index in [2.05, 4.69) is 0 Å².